The van der Waals surface area contributed by atoms with Gasteiger partial charge in [-0.2, -0.15) is 0 Å². The third-order valence-corrected chi connectivity index (χ3v) is 5.92. The number of thiazole rings is 1. The molecule has 0 saturated heterocycles. The summed E-state index contributed by atoms with van der Waals surface area (Å²) in [5.74, 6) is 1.57. The normalized spacial score (nSPS) is 13.1. The highest BCUT2D eigenvalue weighted by atomic mass is 79.9. The van der Waals surface area contributed by atoms with Crippen LogP contribution in [0.4, 0.5) is 5.69 Å². The Kier molecular flexibility index (Phi) is 4.91. The minimum absolute atomic E-state index is 0.273. The van der Waals surface area contributed by atoms with Gasteiger partial charge in [0, 0.05) is 21.6 Å². The summed E-state index contributed by atoms with van der Waals surface area (Å²) in [5.41, 5.74) is 4.19. The lowest BCUT2D eigenvalue weighted by molar-refractivity contribution is 0.174. The van der Waals surface area contributed by atoms with E-state index in [0.717, 1.165) is 43.3 Å². The molecule has 0 spiro atoms. The van der Waals surface area contributed by atoms with Gasteiger partial charge in [0.05, 0.1) is 24.1 Å². The molecule has 1 aliphatic heterocycles. The largest absolute Gasteiger partial charge is 0.454 e. The van der Waals surface area contributed by atoms with Crippen LogP contribution in [0.5, 0.6) is 11.5 Å². The van der Waals surface area contributed by atoms with E-state index < -0.39 is 0 Å². The lowest BCUT2D eigenvalue weighted by Crippen LogP contribution is -2.16. The Morgan fingerprint density at radius 3 is 2.86 bits per heavy atom. The minimum atomic E-state index is 0.273. The van der Waals surface area contributed by atoms with Gasteiger partial charge < -0.3 is 14.0 Å². The SMILES string of the molecule is Brc1cccc(-c2csc(=Nc3cccnc3)n2Cc2ccc3c(c2)OCO3)c1. The molecule has 5 nitrogen and oxygen atoms in total. The van der Waals surface area contributed by atoms with Crippen LogP contribution in [0.15, 0.2) is 81.8 Å². The Hall–Kier alpha value is -2.90. The standard InChI is InChI=1S/C22H16BrN3O2S/c23-17-4-1-3-16(10-17)19-13-29-22(25-18-5-2-8-24-11-18)26(19)12-15-6-7-20-21(9-15)28-14-27-20/h1-11,13H,12,14H2. The van der Waals surface area contributed by atoms with E-state index in [1.165, 1.54) is 0 Å². The van der Waals surface area contributed by atoms with Gasteiger partial charge in [-0.25, -0.2) is 4.99 Å². The molecule has 2 aromatic heterocycles. The third-order valence-electron chi connectivity index (χ3n) is 4.57. The van der Waals surface area contributed by atoms with Crippen LogP contribution in [0.3, 0.4) is 0 Å². The van der Waals surface area contributed by atoms with Crippen LogP contribution in [0.2, 0.25) is 0 Å². The fourth-order valence-corrected chi connectivity index (χ4v) is 4.53. The van der Waals surface area contributed by atoms with Gasteiger partial charge in [-0.3, -0.25) is 4.98 Å². The van der Waals surface area contributed by atoms with E-state index in [9.17, 15) is 0 Å². The molecule has 7 heteroatoms. The number of hydrogen-bond acceptors (Lipinski definition) is 5. The van der Waals surface area contributed by atoms with Gasteiger partial charge in [0.2, 0.25) is 6.79 Å². The number of ether oxygens (including phenoxy) is 2. The monoisotopic (exact) mass is 465 g/mol. The lowest BCUT2D eigenvalue weighted by Gasteiger charge is -2.10. The zero-order valence-corrected chi connectivity index (χ0v) is 17.7. The molecule has 4 aromatic rings. The van der Waals surface area contributed by atoms with Crippen LogP contribution < -0.4 is 14.3 Å². The summed E-state index contributed by atoms with van der Waals surface area (Å²) in [6, 6.07) is 18.2. The summed E-state index contributed by atoms with van der Waals surface area (Å²) in [6.45, 7) is 0.941. The highest BCUT2D eigenvalue weighted by Crippen LogP contribution is 2.33. The van der Waals surface area contributed by atoms with Crippen molar-refractivity contribution in [3.05, 3.63) is 87.2 Å². The van der Waals surface area contributed by atoms with Crippen molar-refractivity contribution in [2.75, 3.05) is 6.79 Å². The molecule has 0 N–H and O–H groups in total. The summed E-state index contributed by atoms with van der Waals surface area (Å²) < 4.78 is 14.3. The molecular weight excluding hydrogens is 450 g/mol. The van der Waals surface area contributed by atoms with Crippen molar-refractivity contribution in [1.82, 2.24) is 9.55 Å². The van der Waals surface area contributed by atoms with E-state index in [1.54, 1.807) is 23.7 Å². The Bertz CT molecular complexity index is 1230. The molecule has 1 aliphatic rings. The first-order valence-electron chi connectivity index (χ1n) is 9.04. The van der Waals surface area contributed by atoms with Crippen molar-refractivity contribution < 1.29 is 9.47 Å². The molecule has 0 amide bonds. The molecular formula is C22H16BrN3O2S. The zero-order chi connectivity index (χ0) is 19.6. The van der Waals surface area contributed by atoms with E-state index >= 15 is 0 Å². The highest BCUT2D eigenvalue weighted by molar-refractivity contribution is 9.10. The summed E-state index contributed by atoms with van der Waals surface area (Å²) in [7, 11) is 0. The highest BCUT2D eigenvalue weighted by Gasteiger charge is 2.15. The Morgan fingerprint density at radius 2 is 2.00 bits per heavy atom. The fraction of sp³-hybridized carbons (Fsp3) is 0.0909. The van der Waals surface area contributed by atoms with E-state index in [4.69, 9.17) is 14.5 Å². The van der Waals surface area contributed by atoms with E-state index in [-0.39, 0.29) is 6.79 Å². The average molecular weight is 466 g/mol. The molecule has 0 unspecified atom stereocenters. The summed E-state index contributed by atoms with van der Waals surface area (Å²) in [4.78, 5) is 9.91. The van der Waals surface area contributed by atoms with Crippen LogP contribution >= 0.6 is 27.3 Å². The molecule has 0 bridgehead atoms. The van der Waals surface area contributed by atoms with E-state index in [2.05, 4.69) is 49.1 Å². The number of nitrogens with zero attached hydrogens (tertiary/aromatic N) is 3. The van der Waals surface area contributed by atoms with Gasteiger partial charge in [0.1, 0.15) is 0 Å². The number of pyridine rings is 1. The van der Waals surface area contributed by atoms with Crippen molar-refractivity contribution in [2.24, 2.45) is 4.99 Å². The smallest absolute Gasteiger partial charge is 0.231 e. The van der Waals surface area contributed by atoms with Crippen molar-refractivity contribution in [3.63, 3.8) is 0 Å². The number of aromatic nitrogens is 2. The van der Waals surface area contributed by atoms with Crippen molar-refractivity contribution in [1.29, 1.82) is 0 Å². The first kappa shape index (κ1) is 18.1. The van der Waals surface area contributed by atoms with Crippen LogP contribution in [0.25, 0.3) is 11.3 Å². The van der Waals surface area contributed by atoms with Gasteiger partial charge in [-0.05, 0) is 42.0 Å². The van der Waals surface area contributed by atoms with Gasteiger partial charge in [-0.15, -0.1) is 11.3 Å². The Balaban J connectivity index is 1.62. The topological polar surface area (TPSA) is 48.6 Å². The zero-order valence-electron chi connectivity index (χ0n) is 15.3. The van der Waals surface area contributed by atoms with Crippen molar-refractivity contribution >= 4 is 33.0 Å². The van der Waals surface area contributed by atoms with E-state index in [1.807, 2.05) is 36.4 Å². The second-order valence-corrected chi connectivity index (χ2v) is 8.26. The number of hydrogen-bond donors (Lipinski definition) is 0. The fourth-order valence-electron chi connectivity index (χ4n) is 3.20. The Morgan fingerprint density at radius 1 is 1.07 bits per heavy atom. The quantitative estimate of drug-likeness (QED) is 0.406. The van der Waals surface area contributed by atoms with Crippen molar-refractivity contribution in [2.45, 2.75) is 6.54 Å². The Labute approximate surface area is 180 Å². The van der Waals surface area contributed by atoms with E-state index in [0.29, 0.717) is 6.54 Å². The predicted molar refractivity (Wildman–Crippen MR) is 117 cm³/mol. The van der Waals surface area contributed by atoms with Crippen LogP contribution in [-0.4, -0.2) is 16.3 Å². The summed E-state index contributed by atoms with van der Waals surface area (Å²) in [5, 5.41) is 2.14. The minimum Gasteiger partial charge on any atom is -0.454 e. The number of benzene rings is 2. The second-order valence-electron chi connectivity index (χ2n) is 6.51. The molecule has 144 valence electrons. The van der Waals surface area contributed by atoms with Crippen LogP contribution in [0, 0.1) is 0 Å². The molecule has 2 aromatic carbocycles. The lowest BCUT2D eigenvalue weighted by atomic mass is 10.1. The molecule has 3 heterocycles. The number of halogens is 1. The maximum Gasteiger partial charge on any atom is 0.231 e. The molecule has 0 atom stereocenters. The molecule has 0 fully saturated rings. The molecule has 0 saturated carbocycles. The average Bonchev–Trinajstić information content (AvgIpc) is 3.36. The summed E-state index contributed by atoms with van der Waals surface area (Å²) in [6.07, 6.45) is 3.52. The molecule has 0 radical (unpaired) electrons. The maximum atomic E-state index is 5.55. The first-order chi connectivity index (χ1) is 14.3. The molecule has 5 rings (SSSR count). The van der Waals surface area contributed by atoms with Gasteiger partial charge >= 0.3 is 0 Å². The van der Waals surface area contributed by atoms with Gasteiger partial charge in [0.15, 0.2) is 16.3 Å². The van der Waals surface area contributed by atoms with Crippen molar-refractivity contribution in [3.8, 4) is 22.8 Å². The summed E-state index contributed by atoms with van der Waals surface area (Å²) >= 11 is 5.19. The second kappa shape index (κ2) is 7.85. The third kappa shape index (κ3) is 3.83. The van der Waals surface area contributed by atoms with Crippen LogP contribution in [0.1, 0.15) is 5.56 Å². The molecule has 0 aliphatic carbocycles. The first-order valence-corrected chi connectivity index (χ1v) is 10.7. The molecule has 29 heavy (non-hydrogen) atoms. The van der Waals surface area contributed by atoms with Gasteiger partial charge in [-0.1, -0.05) is 34.1 Å². The predicted octanol–water partition coefficient (Wildman–Crippen LogP) is 5.38. The van der Waals surface area contributed by atoms with Gasteiger partial charge in [0.25, 0.3) is 0 Å². The number of rotatable bonds is 4. The number of fused-ring (bicyclic) bond motifs is 1. The maximum absolute atomic E-state index is 5.55. The van der Waals surface area contributed by atoms with Crippen LogP contribution in [-0.2, 0) is 6.54 Å².